The molecule has 104 valence electrons. The largest absolute Gasteiger partial charge is 0.389 e. The van der Waals surface area contributed by atoms with Gasteiger partial charge in [-0.25, -0.2) is 13.1 Å². The second kappa shape index (κ2) is 6.21. The van der Waals surface area contributed by atoms with Gasteiger partial charge in [0.1, 0.15) is 4.99 Å². The zero-order valence-corrected chi connectivity index (χ0v) is 12.8. The Balaban J connectivity index is 2.06. The molecule has 1 unspecified atom stereocenters. The number of thioether (sulfide) groups is 1. The van der Waals surface area contributed by atoms with E-state index in [9.17, 15) is 8.42 Å². The normalized spacial score (nSPS) is 19.5. The van der Waals surface area contributed by atoms with E-state index in [1.54, 1.807) is 36.0 Å². The van der Waals surface area contributed by atoms with Gasteiger partial charge in [-0.05, 0) is 23.8 Å². The lowest BCUT2D eigenvalue weighted by Crippen LogP contribution is -2.35. The number of nitrogens with one attached hydrogen (secondary N) is 1. The molecule has 7 heteroatoms. The number of sulfonamides is 1. The molecule has 1 aromatic rings. The number of benzene rings is 1. The molecule has 3 N–H and O–H groups in total. The van der Waals surface area contributed by atoms with Crippen molar-refractivity contribution in [2.24, 2.45) is 5.73 Å². The number of hydrogen-bond donors (Lipinski definition) is 2. The van der Waals surface area contributed by atoms with E-state index < -0.39 is 10.0 Å². The molecule has 0 bridgehead atoms. The Morgan fingerprint density at radius 3 is 2.95 bits per heavy atom. The van der Waals surface area contributed by atoms with Crippen molar-refractivity contribution in [2.45, 2.75) is 18.2 Å². The molecule has 1 aliphatic rings. The Hall–Kier alpha value is -0.630. The maximum Gasteiger partial charge on any atom is 0.216 e. The third kappa shape index (κ3) is 4.45. The molecular weight excluding hydrogens is 300 g/mol. The average molecular weight is 316 g/mol. The quantitative estimate of drug-likeness (QED) is 0.800. The molecule has 1 aliphatic heterocycles. The van der Waals surface area contributed by atoms with Gasteiger partial charge in [0.05, 0.1) is 5.75 Å². The van der Waals surface area contributed by atoms with Gasteiger partial charge in [-0.3, -0.25) is 0 Å². The Kier molecular flexibility index (Phi) is 4.83. The van der Waals surface area contributed by atoms with Crippen LogP contribution < -0.4 is 10.5 Å². The number of thiocarbonyl (C=S) groups is 1. The minimum Gasteiger partial charge on any atom is -0.389 e. The van der Waals surface area contributed by atoms with E-state index in [1.165, 1.54) is 0 Å². The Bertz CT molecular complexity index is 566. The van der Waals surface area contributed by atoms with Crippen LogP contribution in [0.3, 0.4) is 0 Å². The molecule has 2 rings (SSSR count). The van der Waals surface area contributed by atoms with Gasteiger partial charge in [0, 0.05) is 17.4 Å². The molecule has 1 fully saturated rings. The first-order valence-electron chi connectivity index (χ1n) is 5.93. The summed E-state index contributed by atoms with van der Waals surface area (Å²) in [6.45, 7) is 0. The highest BCUT2D eigenvalue weighted by Gasteiger charge is 2.22. The first-order valence-corrected chi connectivity index (χ1v) is 9.14. The van der Waals surface area contributed by atoms with Crippen molar-refractivity contribution in [1.82, 2.24) is 4.72 Å². The highest BCUT2D eigenvalue weighted by atomic mass is 32.2. The minimum atomic E-state index is -3.31. The number of nitrogens with two attached hydrogens (primary N) is 1. The van der Waals surface area contributed by atoms with Crippen molar-refractivity contribution in [3.05, 3.63) is 35.4 Å². The van der Waals surface area contributed by atoms with Gasteiger partial charge in [-0.15, -0.1) is 0 Å². The molecule has 19 heavy (non-hydrogen) atoms. The van der Waals surface area contributed by atoms with Crippen molar-refractivity contribution in [3.63, 3.8) is 0 Å². The molecule has 0 spiro atoms. The Morgan fingerprint density at radius 2 is 2.32 bits per heavy atom. The lowest BCUT2D eigenvalue weighted by atomic mass is 10.1. The molecular formula is C12H16N2O2S3. The van der Waals surface area contributed by atoms with Crippen LogP contribution in [0.4, 0.5) is 0 Å². The van der Waals surface area contributed by atoms with Crippen LogP contribution in [0.2, 0.25) is 0 Å². The lowest BCUT2D eigenvalue weighted by molar-refractivity contribution is 0.562. The highest BCUT2D eigenvalue weighted by molar-refractivity contribution is 7.99. The zero-order valence-electron chi connectivity index (χ0n) is 10.3. The molecule has 1 atom stereocenters. The predicted molar refractivity (Wildman–Crippen MR) is 83.8 cm³/mol. The van der Waals surface area contributed by atoms with Crippen molar-refractivity contribution in [1.29, 1.82) is 0 Å². The summed E-state index contributed by atoms with van der Waals surface area (Å²) in [5.74, 6) is 1.83. The molecule has 1 heterocycles. The van der Waals surface area contributed by atoms with E-state index in [4.69, 9.17) is 18.0 Å². The van der Waals surface area contributed by atoms with E-state index in [2.05, 4.69) is 4.72 Å². The van der Waals surface area contributed by atoms with E-state index in [1.807, 2.05) is 0 Å². The Labute approximate surface area is 123 Å². The monoisotopic (exact) mass is 316 g/mol. The van der Waals surface area contributed by atoms with E-state index in [0.29, 0.717) is 11.1 Å². The van der Waals surface area contributed by atoms with Crippen LogP contribution >= 0.6 is 24.0 Å². The van der Waals surface area contributed by atoms with Crippen molar-refractivity contribution in [3.8, 4) is 0 Å². The second-order valence-electron chi connectivity index (χ2n) is 4.50. The predicted octanol–water partition coefficient (Wildman–Crippen LogP) is 1.25. The second-order valence-corrected chi connectivity index (χ2v) is 7.85. The molecule has 0 aromatic heterocycles. The van der Waals surface area contributed by atoms with Crippen LogP contribution in [0.1, 0.15) is 17.5 Å². The van der Waals surface area contributed by atoms with Crippen LogP contribution in [0, 0.1) is 0 Å². The smallest absolute Gasteiger partial charge is 0.216 e. The summed E-state index contributed by atoms with van der Waals surface area (Å²) in [6, 6.07) is 7.10. The van der Waals surface area contributed by atoms with Crippen molar-refractivity contribution >= 4 is 39.0 Å². The van der Waals surface area contributed by atoms with Gasteiger partial charge in [-0.2, -0.15) is 11.8 Å². The summed E-state index contributed by atoms with van der Waals surface area (Å²) in [6.07, 6.45) is 0.900. The van der Waals surface area contributed by atoms with Crippen LogP contribution in [-0.2, 0) is 15.8 Å². The SMILES string of the molecule is NC(=S)c1cccc(CS(=O)(=O)NC2CCSC2)c1. The fourth-order valence-electron chi connectivity index (χ4n) is 1.96. The van der Waals surface area contributed by atoms with Gasteiger partial charge in [-0.1, -0.05) is 30.4 Å². The maximum atomic E-state index is 12.1. The topological polar surface area (TPSA) is 72.2 Å². The minimum absolute atomic E-state index is 0.0371. The first-order chi connectivity index (χ1) is 8.96. The van der Waals surface area contributed by atoms with Gasteiger partial charge in [0.25, 0.3) is 0 Å². The third-order valence-electron chi connectivity index (χ3n) is 2.84. The molecule has 0 amide bonds. The number of rotatable bonds is 5. The summed E-state index contributed by atoms with van der Waals surface area (Å²) in [5, 5.41) is 0. The van der Waals surface area contributed by atoms with Crippen LogP contribution in [-0.4, -0.2) is 31.0 Å². The average Bonchev–Trinajstić information content (AvgIpc) is 2.80. The molecule has 1 aromatic carbocycles. The number of hydrogen-bond acceptors (Lipinski definition) is 4. The van der Waals surface area contributed by atoms with Crippen LogP contribution in [0.25, 0.3) is 0 Å². The highest BCUT2D eigenvalue weighted by Crippen LogP contribution is 2.18. The molecule has 4 nitrogen and oxygen atoms in total. The third-order valence-corrected chi connectivity index (χ3v) is 5.65. The standard InChI is InChI=1S/C12H16N2O2S3/c13-12(17)10-3-1-2-9(6-10)8-19(15,16)14-11-4-5-18-7-11/h1-3,6,11,14H,4-5,7-8H2,(H2,13,17). The van der Waals surface area contributed by atoms with Crippen LogP contribution in [0.5, 0.6) is 0 Å². The summed E-state index contributed by atoms with van der Waals surface area (Å²) in [4.78, 5) is 0.277. The lowest BCUT2D eigenvalue weighted by Gasteiger charge is -2.12. The van der Waals surface area contributed by atoms with Gasteiger partial charge in [0.2, 0.25) is 10.0 Å². The van der Waals surface area contributed by atoms with Gasteiger partial charge >= 0.3 is 0 Å². The Morgan fingerprint density at radius 1 is 1.53 bits per heavy atom. The maximum absolute atomic E-state index is 12.1. The molecule has 1 saturated heterocycles. The molecule has 0 radical (unpaired) electrons. The van der Waals surface area contributed by atoms with Crippen LogP contribution in [0.15, 0.2) is 24.3 Å². The zero-order chi connectivity index (χ0) is 13.9. The summed E-state index contributed by atoms with van der Waals surface area (Å²) in [7, 11) is -3.31. The fourth-order valence-corrected chi connectivity index (χ4v) is 4.75. The first kappa shape index (κ1) is 14.8. The van der Waals surface area contributed by atoms with Crippen molar-refractivity contribution < 1.29 is 8.42 Å². The van der Waals surface area contributed by atoms with Gasteiger partial charge in [0.15, 0.2) is 0 Å². The van der Waals surface area contributed by atoms with E-state index >= 15 is 0 Å². The summed E-state index contributed by atoms with van der Waals surface area (Å²) < 4.78 is 26.8. The molecule has 0 saturated carbocycles. The summed E-state index contributed by atoms with van der Waals surface area (Å²) >= 11 is 6.66. The van der Waals surface area contributed by atoms with Gasteiger partial charge < -0.3 is 5.73 Å². The molecule has 0 aliphatic carbocycles. The van der Waals surface area contributed by atoms with Crippen molar-refractivity contribution in [2.75, 3.05) is 11.5 Å². The van der Waals surface area contributed by atoms with E-state index in [0.717, 1.165) is 17.9 Å². The van der Waals surface area contributed by atoms with E-state index in [-0.39, 0.29) is 16.8 Å². The fraction of sp³-hybridized carbons (Fsp3) is 0.417. The summed E-state index contributed by atoms with van der Waals surface area (Å²) in [5.41, 5.74) is 6.93.